The normalized spacial score (nSPS) is 38.4. The molecule has 0 aromatic rings. The maximum atomic E-state index is 10.8. The summed E-state index contributed by atoms with van der Waals surface area (Å²) in [5.74, 6) is 0.0194. The van der Waals surface area contributed by atoms with E-state index in [1.54, 1.807) is 12.2 Å². The Bertz CT molecular complexity index is 420. The molecule has 0 amide bonds. The average molecular weight is 250 g/mol. The molecule has 0 aliphatic heterocycles. The van der Waals surface area contributed by atoms with E-state index in [2.05, 4.69) is 23.8 Å². The van der Waals surface area contributed by atoms with Crippen molar-refractivity contribution in [3.63, 3.8) is 0 Å². The van der Waals surface area contributed by atoms with Gasteiger partial charge in [-0.25, -0.2) is 9.59 Å². The van der Waals surface area contributed by atoms with Crippen LogP contribution in [0.4, 0.5) is 0 Å². The summed E-state index contributed by atoms with van der Waals surface area (Å²) in [6, 6.07) is 0. The fraction of sp³-hybridized carbons (Fsp3) is 0.857. The predicted molar refractivity (Wildman–Crippen MR) is 69.8 cm³/mol. The van der Waals surface area contributed by atoms with Crippen LogP contribution in [-0.2, 0) is 9.59 Å². The van der Waals surface area contributed by atoms with E-state index in [1.807, 2.05) is 20.8 Å². The van der Waals surface area contributed by atoms with Crippen molar-refractivity contribution in [2.24, 2.45) is 21.3 Å². The van der Waals surface area contributed by atoms with Crippen LogP contribution in [0.1, 0.15) is 53.9 Å². The second kappa shape index (κ2) is 4.79. The molecule has 0 spiro atoms. The Balaban J connectivity index is 3.36. The van der Waals surface area contributed by atoms with Crippen molar-refractivity contribution in [2.75, 3.05) is 0 Å². The summed E-state index contributed by atoms with van der Waals surface area (Å²) in [5, 5.41) is 0. The predicted octanol–water partition coefficient (Wildman–Crippen LogP) is 3.02. The molecule has 0 heterocycles. The van der Waals surface area contributed by atoms with Crippen molar-refractivity contribution in [2.45, 2.75) is 65.0 Å². The van der Waals surface area contributed by atoms with E-state index in [0.29, 0.717) is 0 Å². The first-order chi connectivity index (χ1) is 8.25. The highest BCUT2D eigenvalue weighted by atomic mass is 16.1. The quantitative estimate of drug-likeness (QED) is 0.571. The summed E-state index contributed by atoms with van der Waals surface area (Å²) >= 11 is 0. The molecule has 4 nitrogen and oxygen atoms in total. The molecule has 0 N–H and O–H groups in total. The first-order valence-corrected chi connectivity index (χ1v) is 6.43. The third-order valence-corrected chi connectivity index (χ3v) is 4.54. The second-order valence-corrected chi connectivity index (χ2v) is 6.46. The fourth-order valence-corrected chi connectivity index (χ4v) is 3.72. The molecule has 1 rings (SSSR count). The molecule has 3 unspecified atom stereocenters. The van der Waals surface area contributed by atoms with Crippen LogP contribution in [0.3, 0.4) is 0 Å². The Hall–Kier alpha value is -1.24. The fourth-order valence-electron chi connectivity index (χ4n) is 3.72. The molecule has 3 atom stereocenters. The summed E-state index contributed by atoms with van der Waals surface area (Å²) < 4.78 is 0. The van der Waals surface area contributed by atoms with Crippen molar-refractivity contribution >= 4 is 12.2 Å². The zero-order chi connectivity index (χ0) is 14.0. The van der Waals surface area contributed by atoms with Crippen LogP contribution in [0.25, 0.3) is 0 Å². The van der Waals surface area contributed by atoms with E-state index in [4.69, 9.17) is 0 Å². The SMILES string of the molecule is CCC1(N=C=O)CC(C)(C)CC(C)(N=C=O)C1C. The minimum atomic E-state index is -0.514. The van der Waals surface area contributed by atoms with E-state index >= 15 is 0 Å². The number of isocyanates is 2. The van der Waals surface area contributed by atoms with Gasteiger partial charge in [0.05, 0.1) is 11.1 Å². The highest BCUT2D eigenvalue weighted by Crippen LogP contribution is 2.53. The van der Waals surface area contributed by atoms with Crippen LogP contribution in [-0.4, -0.2) is 23.2 Å². The van der Waals surface area contributed by atoms with Gasteiger partial charge in [0, 0.05) is 5.92 Å². The molecular formula is C14H22N2O2. The number of carbonyl (C=O) groups excluding carboxylic acids is 2. The molecular weight excluding hydrogens is 228 g/mol. The van der Waals surface area contributed by atoms with Gasteiger partial charge in [-0.15, -0.1) is 0 Å². The van der Waals surface area contributed by atoms with Gasteiger partial charge in [0.15, 0.2) is 0 Å². The van der Waals surface area contributed by atoms with Gasteiger partial charge < -0.3 is 0 Å². The van der Waals surface area contributed by atoms with Gasteiger partial charge in [0.25, 0.3) is 0 Å². The van der Waals surface area contributed by atoms with E-state index < -0.39 is 11.1 Å². The summed E-state index contributed by atoms with van der Waals surface area (Å²) in [6.07, 6.45) is 5.76. The first-order valence-electron chi connectivity index (χ1n) is 6.43. The summed E-state index contributed by atoms with van der Waals surface area (Å²) in [7, 11) is 0. The number of rotatable bonds is 3. The monoisotopic (exact) mass is 250 g/mol. The summed E-state index contributed by atoms with van der Waals surface area (Å²) in [6.45, 7) is 10.2. The van der Waals surface area contributed by atoms with E-state index in [1.165, 1.54) is 0 Å². The van der Waals surface area contributed by atoms with Gasteiger partial charge in [-0.05, 0) is 31.6 Å². The van der Waals surface area contributed by atoms with Crippen LogP contribution in [0.2, 0.25) is 0 Å². The van der Waals surface area contributed by atoms with Gasteiger partial charge in [-0.2, -0.15) is 9.98 Å². The lowest BCUT2D eigenvalue weighted by molar-refractivity contribution is 0.0307. The molecule has 0 bridgehead atoms. The van der Waals surface area contributed by atoms with Gasteiger partial charge in [0.2, 0.25) is 12.2 Å². The van der Waals surface area contributed by atoms with Crippen molar-refractivity contribution in [1.82, 2.24) is 0 Å². The van der Waals surface area contributed by atoms with Crippen LogP contribution >= 0.6 is 0 Å². The van der Waals surface area contributed by atoms with Gasteiger partial charge in [-0.1, -0.05) is 27.7 Å². The highest BCUT2D eigenvalue weighted by molar-refractivity contribution is 5.38. The number of hydrogen-bond acceptors (Lipinski definition) is 4. The molecule has 1 aliphatic carbocycles. The Kier molecular flexibility index (Phi) is 3.95. The summed E-state index contributed by atoms with van der Waals surface area (Å²) in [4.78, 5) is 29.6. The lowest BCUT2D eigenvalue weighted by atomic mass is 9.55. The lowest BCUT2D eigenvalue weighted by Crippen LogP contribution is -2.55. The van der Waals surface area contributed by atoms with Gasteiger partial charge >= 0.3 is 0 Å². The molecule has 1 aliphatic rings. The third kappa shape index (κ3) is 2.45. The Morgan fingerprint density at radius 3 is 2.11 bits per heavy atom. The number of hydrogen-bond donors (Lipinski definition) is 0. The Morgan fingerprint density at radius 2 is 1.67 bits per heavy atom. The Labute approximate surface area is 109 Å². The zero-order valence-electron chi connectivity index (χ0n) is 11.9. The minimum Gasteiger partial charge on any atom is -0.211 e. The molecule has 1 saturated carbocycles. The second-order valence-electron chi connectivity index (χ2n) is 6.46. The van der Waals surface area contributed by atoms with Crippen molar-refractivity contribution < 1.29 is 9.59 Å². The van der Waals surface area contributed by atoms with Crippen LogP contribution < -0.4 is 0 Å². The molecule has 0 radical (unpaired) electrons. The molecule has 0 aromatic heterocycles. The van der Waals surface area contributed by atoms with E-state index in [-0.39, 0.29) is 11.3 Å². The molecule has 0 aromatic carbocycles. The van der Waals surface area contributed by atoms with Crippen molar-refractivity contribution in [3.05, 3.63) is 0 Å². The maximum absolute atomic E-state index is 10.8. The summed E-state index contributed by atoms with van der Waals surface area (Å²) in [5.41, 5.74) is -1.00. The number of aliphatic imine (C=N–C) groups is 2. The Morgan fingerprint density at radius 1 is 1.11 bits per heavy atom. The van der Waals surface area contributed by atoms with Crippen LogP contribution in [0.5, 0.6) is 0 Å². The average Bonchev–Trinajstić information content (AvgIpc) is 2.25. The van der Waals surface area contributed by atoms with Gasteiger partial charge in [0.1, 0.15) is 0 Å². The topological polar surface area (TPSA) is 58.9 Å². The van der Waals surface area contributed by atoms with Crippen LogP contribution in [0.15, 0.2) is 9.98 Å². The van der Waals surface area contributed by atoms with Gasteiger partial charge in [-0.3, -0.25) is 0 Å². The molecule has 100 valence electrons. The highest BCUT2D eigenvalue weighted by Gasteiger charge is 2.54. The molecule has 0 saturated heterocycles. The zero-order valence-corrected chi connectivity index (χ0v) is 11.9. The van der Waals surface area contributed by atoms with Crippen LogP contribution in [0, 0.1) is 11.3 Å². The molecule has 18 heavy (non-hydrogen) atoms. The van der Waals surface area contributed by atoms with E-state index in [9.17, 15) is 9.59 Å². The number of nitrogens with zero attached hydrogens (tertiary/aromatic N) is 2. The maximum Gasteiger partial charge on any atom is 0.235 e. The lowest BCUT2D eigenvalue weighted by Gasteiger charge is -2.53. The molecule has 1 fully saturated rings. The van der Waals surface area contributed by atoms with Crippen molar-refractivity contribution in [1.29, 1.82) is 0 Å². The largest absolute Gasteiger partial charge is 0.235 e. The van der Waals surface area contributed by atoms with Crippen molar-refractivity contribution in [3.8, 4) is 0 Å². The third-order valence-electron chi connectivity index (χ3n) is 4.54. The first kappa shape index (κ1) is 14.8. The standard InChI is InChI=1S/C14H22N2O2/c1-6-14(16-10-18)8-12(3,4)7-13(5,11(14)2)15-9-17/h11H,6-8H2,1-5H3. The molecule has 4 heteroatoms. The van der Waals surface area contributed by atoms with E-state index in [0.717, 1.165) is 19.3 Å². The smallest absolute Gasteiger partial charge is 0.211 e. The minimum absolute atomic E-state index is 0.0159.